The van der Waals surface area contributed by atoms with Crippen molar-refractivity contribution in [1.29, 1.82) is 0 Å². The molecule has 170 valence electrons. The van der Waals surface area contributed by atoms with Crippen LogP contribution in [0.1, 0.15) is 21.8 Å². The molecule has 0 aliphatic carbocycles. The molecule has 0 fully saturated rings. The number of carbonyl (C=O) groups is 1. The molecule has 0 saturated carbocycles. The fourth-order valence-corrected chi connectivity index (χ4v) is 4.87. The molecule has 0 spiro atoms. The van der Waals surface area contributed by atoms with Crippen molar-refractivity contribution in [2.45, 2.75) is 18.0 Å². The minimum absolute atomic E-state index is 0.00965. The van der Waals surface area contributed by atoms with Crippen molar-refractivity contribution >= 4 is 28.1 Å². The number of hydrogen-bond acceptors (Lipinski definition) is 7. The van der Waals surface area contributed by atoms with Crippen LogP contribution in [0.15, 0.2) is 58.2 Å². The lowest BCUT2D eigenvalue weighted by molar-refractivity contribution is -0.137. The monoisotopic (exact) mass is 469 g/mol. The van der Waals surface area contributed by atoms with E-state index in [1.807, 2.05) is 0 Å². The van der Waals surface area contributed by atoms with E-state index in [0.717, 1.165) is 18.5 Å². The standard InChI is InChI=1S/C20H18F3N3O5S/c1-12-18(24-11-31-12)19(27)25-14-4-7-16-17(10-14)32(28,29)26(8-9-30-16)15-5-2-13(3-6-15)20(21,22)23/h2-7,10-11,28-29H,8-9H2,1H3,(H,25,27). The van der Waals surface area contributed by atoms with Gasteiger partial charge in [-0.05, 0) is 49.4 Å². The zero-order valence-electron chi connectivity index (χ0n) is 16.6. The Morgan fingerprint density at radius 3 is 2.53 bits per heavy atom. The summed E-state index contributed by atoms with van der Waals surface area (Å²) in [6.07, 6.45) is -3.38. The Bertz CT molecular complexity index is 1150. The first-order chi connectivity index (χ1) is 15.1. The average Bonchev–Trinajstić information content (AvgIpc) is 3.12. The number of fused-ring (bicyclic) bond motifs is 1. The van der Waals surface area contributed by atoms with Crippen molar-refractivity contribution in [2.24, 2.45) is 0 Å². The maximum Gasteiger partial charge on any atom is 0.416 e. The van der Waals surface area contributed by atoms with E-state index in [4.69, 9.17) is 9.15 Å². The number of hydrogen-bond donors (Lipinski definition) is 3. The van der Waals surface area contributed by atoms with Crippen molar-refractivity contribution in [2.75, 3.05) is 22.8 Å². The number of ether oxygens (including phenoxy) is 1. The third-order valence-electron chi connectivity index (χ3n) is 4.80. The second kappa shape index (κ2) is 8.04. The maximum atomic E-state index is 12.9. The second-order valence-electron chi connectivity index (χ2n) is 6.89. The molecule has 0 bridgehead atoms. The zero-order valence-corrected chi connectivity index (χ0v) is 17.4. The molecule has 2 aromatic carbocycles. The smallest absolute Gasteiger partial charge is 0.416 e. The molecule has 3 N–H and O–H groups in total. The van der Waals surface area contributed by atoms with E-state index in [1.54, 1.807) is 6.92 Å². The lowest BCUT2D eigenvalue weighted by atomic mass is 10.2. The van der Waals surface area contributed by atoms with Crippen molar-refractivity contribution in [1.82, 2.24) is 4.98 Å². The Balaban J connectivity index is 1.65. The first-order valence-corrected chi connectivity index (χ1v) is 10.8. The number of aromatic nitrogens is 1. The average molecular weight is 469 g/mol. The summed E-state index contributed by atoms with van der Waals surface area (Å²) in [7, 11) is -3.70. The van der Waals surface area contributed by atoms with Gasteiger partial charge >= 0.3 is 6.18 Å². The number of halogens is 3. The van der Waals surface area contributed by atoms with Crippen LogP contribution in [0.25, 0.3) is 0 Å². The summed E-state index contributed by atoms with van der Waals surface area (Å²) in [5, 5.41) is 2.60. The van der Waals surface area contributed by atoms with E-state index in [-0.39, 0.29) is 40.9 Å². The Kier molecular flexibility index (Phi) is 5.53. The Morgan fingerprint density at radius 1 is 1.19 bits per heavy atom. The lowest BCUT2D eigenvalue weighted by Gasteiger charge is -2.42. The zero-order chi connectivity index (χ0) is 23.1. The molecule has 4 rings (SSSR count). The van der Waals surface area contributed by atoms with E-state index < -0.39 is 28.4 Å². The summed E-state index contributed by atoms with van der Waals surface area (Å²) >= 11 is 0. The van der Waals surface area contributed by atoms with Gasteiger partial charge in [-0.15, -0.1) is 0 Å². The first kappa shape index (κ1) is 22.0. The van der Waals surface area contributed by atoms with Gasteiger partial charge in [0.05, 0.1) is 17.8 Å². The minimum atomic E-state index is -4.51. The number of nitrogens with zero attached hydrogens (tertiary/aromatic N) is 2. The first-order valence-electron chi connectivity index (χ1n) is 9.29. The number of aryl methyl sites for hydroxylation is 1. The molecule has 32 heavy (non-hydrogen) atoms. The Hall–Kier alpha value is -3.22. The predicted molar refractivity (Wildman–Crippen MR) is 111 cm³/mol. The van der Waals surface area contributed by atoms with E-state index in [0.29, 0.717) is 5.76 Å². The van der Waals surface area contributed by atoms with Crippen LogP contribution in [0.4, 0.5) is 24.5 Å². The van der Waals surface area contributed by atoms with Gasteiger partial charge in [-0.25, -0.2) is 4.98 Å². The van der Waals surface area contributed by atoms with Gasteiger partial charge < -0.3 is 14.5 Å². The van der Waals surface area contributed by atoms with Gasteiger partial charge in [-0.2, -0.15) is 13.2 Å². The van der Waals surface area contributed by atoms with Gasteiger partial charge in [0.25, 0.3) is 5.91 Å². The van der Waals surface area contributed by atoms with E-state index in [1.165, 1.54) is 34.6 Å². The van der Waals surface area contributed by atoms with Gasteiger partial charge in [0, 0.05) is 5.69 Å². The van der Waals surface area contributed by atoms with Crippen LogP contribution in [0.3, 0.4) is 0 Å². The summed E-state index contributed by atoms with van der Waals surface area (Å²) in [4.78, 5) is 16.2. The summed E-state index contributed by atoms with van der Waals surface area (Å²) in [6.45, 7) is 1.65. The van der Waals surface area contributed by atoms with E-state index >= 15 is 0 Å². The van der Waals surface area contributed by atoms with Crippen molar-refractivity contribution in [3.8, 4) is 5.75 Å². The van der Waals surface area contributed by atoms with Crippen LogP contribution >= 0.6 is 10.8 Å². The Labute approximate surface area is 182 Å². The summed E-state index contributed by atoms with van der Waals surface area (Å²) in [5.41, 5.74) is -0.345. The molecule has 0 atom stereocenters. The molecular weight excluding hydrogens is 451 g/mol. The van der Waals surface area contributed by atoms with Crippen LogP contribution in [-0.4, -0.2) is 33.1 Å². The number of benzene rings is 2. The largest absolute Gasteiger partial charge is 0.490 e. The van der Waals surface area contributed by atoms with Crippen molar-refractivity contribution in [3.63, 3.8) is 0 Å². The molecule has 12 heteroatoms. The summed E-state index contributed by atoms with van der Waals surface area (Å²) in [5.74, 6) is -0.0461. The van der Waals surface area contributed by atoms with Gasteiger partial charge in [0.1, 0.15) is 23.0 Å². The van der Waals surface area contributed by atoms with Gasteiger partial charge in [-0.1, -0.05) is 10.8 Å². The molecule has 1 aromatic heterocycles. The molecule has 8 nitrogen and oxygen atoms in total. The SMILES string of the molecule is Cc1ocnc1C(=O)Nc1ccc2c(c1)S(O)(O)N(c1ccc(C(F)(F)F)cc1)CCO2. The highest BCUT2D eigenvalue weighted by atomic mass is 32.3. The van der Waals surface area contributed by atoms with Crippen LogP contribution in [-0.2, 0) is 6.18 Å². The molecule has 3 aromatic rings. The molecule has 0 unspecified atom stereocenters. The molecule has 0 radical (unpaired) electrons. The highest BCUT2D eigenvalue weighted by Gasteiger charge is 2.34. The molecule has 2 heterocycles. The number of alkyl halides is 3. The van der Waals surface area contributed by atoms with E-state index in [9.17, 15) is 27.1 Å². The molecular formula is C20H18F3N3O5S. The van der Waals surface area contributed by atoms with Gasteiger partial charge in [0.2, 0.25) is 0 Å². The lowest BCUT2D eigenvalue weighted by Crippen LogP contribution is -2.29. The number of oxazole rings is 1. The summed E-state index contributed by atoms with van der Waals surface area (Å²) in [6, 6.07) is 8.42. The highest BCUT2D eigenvalue weighted by Crippen LogP contribution is 2.58. The number of anilines is 2. The van der Waals surface area contributed by atoms with Crippen molar-refractivity contribution in [3.05, 3.63) is 65.9 Å². The van der Waals surface area contributed by atoms with Crippen LogP contribution in [0.2, 0.25) is 0 Å². The normalized spacial score (nSPS) is 16.5. The van der Waals surface area contributed by atoms with Crippen LogP contribution in [0, 0.1) is 6.92 Å². The Morgan fingerprint density at radius 2 is 1.91 bits per heavy atom. The molecule has 1 aliphatic heterocycles. The minimum Gasteiger partial charge on any atom is -0.490 e. The van der Waals surface area contributed by atoms with Crippen LogP contribution in [0.5, 0.6) is 5.75 Å². The number of carbonyl (C=O) groups excluding carboxylic acids is 1. The summed E-state index contributed by atoms with van der Waals surface area (Å²) < 4.78 is 72.6. The highest BCUT2D eigenvalue weighted by molar-refractivity contribution is 8.25. The topological polar surface area (TPSA) is 108 Å². The number of nitrogens with one attached hydrogen (secondary N) is 1. The number of amides is 1. The maximum absolute atomic E-state index is 12.9. The van der Waals surface area contributed by atoms with Gasteiger partial charge in [-0.3, -0.25) is 18.2 Å². The van der Waals surface area contributed by atoms with Crippen LogP contribution < -0.4 is 14.4 Å². The number of rotatable bonds is 3. The predicted octanol–water partition coefficient (Wildman–Crippen LogP) is 5.18. The third-order valence-corrected chi connectivity index (χ3v) is 6.72. The quantitative estimate of drug-likeness (QED) is 0.485. The fraction of sp³-hybridized carbons (Fsp3) is 0.200. The third kappa shape index (κ3) is 4.11. The molecule has 1 amide bonds. The van der Waals surface area contributed by atoms with E-state index in [2.05, 4.69) is 10.3 Å². The molecule has 1 aliphatic rings. The van der Waals surface area contributed by atoms with Crippen molar-refractivity contribution < 1.29 is 36.2 Å². The van der Waals surface area contributed by atoms with Gasteiger partial charge in [0.15, 0.2) is 12.1 Å². The molecule has 0 saturated heterocycles. The second-order valence-corrected chi connectivity index (χ2v) is 8.81. The fourth-order valence-electron chi connectivity index (χ4n) is 3.21.